The lowest BCUT2D eigenvalue weighted by Gasteiger charge is -2.15. The first-order valence-corrected chi connectivity index (χ1v) is 5.05. The Morgan fingerprint density at radius 3 is 2.77 bits per heavy atom. The largest absolute Gasteiger partial charge is 0.0802 e. The highest BCUT2D eigenvalue weighted by atomic mass is 14.4. The molecule has 2 aliphatic rings. The minimum atomic E-state index is 0.861. The highest BCUT2D eigenvalue weighted by Crippen LogP contribution is 2.54. The summed E-state index contributed by atoms with van der Waals surface area (Å²) < 4.78 is 0. The molecular weight excluding hydrogens is 156 g/mol. The van der Waals surface area contributed by atoms with Gasteiger partial charge < -0.3 is 0 Å². The first-order chi connectivity index (χ1) is 6.27. The molecule has 2 aliphatic carbocycles. The van der Waals surface area contributed by atoms with Crippen molar-refractivity contribution in [1.82, 2.24) is 0 Å². The van der Waals surface area contributed by atoms with Crippen LogP contribution in [-0.4, -0.2) is 0 Å². The lowest BCUT2D eigenvalue weighted by molar-refractivity contribution is 0.976. The summed E-state index contributed by atoms with van der Waals surface area (Å²) in [5.74, 6) is 1.73. The molecule has 0 nitrogen and oxygen atoms in total. The molecule has 66 valence electrons. The SMILES string of the molecule is Cc1ccc(C)c2c1C=CC1CC21. The maximum Gasteiger partial charge on any atom is -0.00842 e. The average Bonchev–Trinajstić information content (AvgIpc) is 2.89. The van der Waals surface area contributed by atoms with Crippen molar-refractivity contribution in [3.8, 4) is 0 Å². The molecule has 0 N–H and O–H groups in total. The van der Waals surface area contributed by atoms with Crippen LogP contribution >= 0.6 is 0 Å². The summed E-state index contributed by atoms with van der Waals surface area (Å²) in [6.45, 7) is 4.46. The molecule has 0 radical (unpaired) electrons. The monoisotopic (exact) mass is 170 g/mol. The van der Waals surface area contributed by atoms with E-state index in [1.807, 2.05) is 0 Å². The summed E-state index contributed by atoms with van der Waals surface area (Å²) >= 11 is 0. The first kappa shape index (κ1) is 7.37. The molecule has 0 saturated heterocycles. The molecular formula is C13H14. The topological polar surface area (TPSA) is 0 Å². The van der Waals surface area contributed by atoms with Crippen molar-refractivity contribution >= 4 is 6.08 Å². The van der Waals surface area contributed by atoms with Gasteiger partial charge in [-0.3, -0.25) is 0 Å². The van der Waals surface area contributed by atoms with Gasteiger partial charge in [-0.2, -0.15) is 0 Å². The van der Waals surface area contributed by atoms with Crippen LogP contribution in [0, 0.1) is 19.8 Å². The molecule has 0 amide bonds. The van der Waals surface area contributed by atoms with Gasteiger partial charge in [0.2, 0.25) is 0 Å². The van der Waals surface area contributed by atoms with Crippen LogP contribution in [0.15, 0.2) is 18.2 Å². The summed E-state index contributed by atoms with van der Waals surface area (Å²) in [7, 11) is 0. The van der Waals surface area contributed by atoms with Crippen LogP contribution < -0.4 is 0 Å². The zero-order valence-electron chi connectivity index (χ0n) is 8.17. The fourth-order valence-electron chi connectivity index (χ4n) is 2.55. The van der Waals surface area contributed by atoms with Gasteiger partial charge in [-0.05, 0) is 54.4 Å². The molecule has 0 bridgehead atoms. The standard InChI is InChI=1S/C13H14/c1-8-3-4-9(2)13-11(8)6-5-10-7-12(10)13/h3-6,10,12H,7H2,1-2H3. The van der Waals surface area contributed by atoms with Crippen LogP contribution in [0.2, 0.25) is 0 Å². The summed E-state index contributed by atoms with van der Waals surface area (Å²) in [6.07, 6.45) is 6.10. The Morgan fingerprint density at radius 2 is 1.92 bits per heavy atom. The Balaban J connectivity index is 2.30. The second-order valence-electron chi connectivity index (χ2n) is 4.39. The zero-order chi connectivity index (χ0) is 9.00. The van der Waals surface area contributed by atoms with Gasteiger partial charge in [-0.15, -0.1) is 0 Å². The van der Waals surface area contributed by atoms with Gasteiger partial charge in [-0.25, -0.2) is 0 Å². The van der Waals surface area contributed by atoms with E-state index in [4.69, 9.17) is 0 Å². The van der Waals surface area contributed by atoms with Crippen molar-refractivity contribution in [2.45, 2.75) is 26.2 Å². The normalized spacial score (nSPS) is 28.2. The third-order valence-corrected chi connectivity index (χ3v) is 3.44. The Kier molecular flexibility index (Phi) is 1.28. The summed E-state index contributed by atoms with van der Waals surface area (Å²) in [6, 6.07) is 4.50. The highest BCUT2D eigenvalue weighted by Gasteiger charge is 2.40. The van der Waals surface area contributed by atoms with E-state index in [0.29, 0.717) is 0 Å². The number of hydrogen-bond acceptors (Lipinski definition) is 0. The second kappa shape index (κ2) is 2.25. The molecule has 2 unspecified atom stereocenters. The van der Waals surface area contributed by atoms with Gasteiger partial charge in [0.15, 0.2) is 0 Å². The molecule has 3 rings (SSSR count). The number of rotatable bonds is 0. The van der Waals surface area contributed by atoms with Gasteiger partial charge in [0.05, 0.1) is 0 Å². The summed E-state index contributed by atoms with van der Waals surface area (Å²) in [4.78, 5) is 0. The van der Waals surface area contributed by atoms with Crippen LogP contribution in [-0.2, 0) is 0 Å². The Morgan fingerprint density at radius 1 is 1.15 bits per heavy atom. The predicted octanol–water partition coefficient (Wildman–Crippen LogP) is 3.43. The van der Waals surface area contributed by atoms with E-state index >= 15 is 0 Å². The van der Waals surface area contributed by atoms with E-state index in [9.17, 15) is 0 Å². The summed E-state index contributed by atoms with van der Waals surface area (Å²) in [5, 5.41) is 0. The first-order valence-electron chi connectivity index (χ1n) is 5.05. The van der Waals surface area contributed by atoms with Crippen molar-refractivity contribution in [2.75, 3.05) is 0 Å². The number of aryl methyl sites for hydroxylation is 2. The smallest absolute Gasteiger partial charge is 0.00842 e. The van der Waals surface area contributed by atoms with Crippen LogP contribution in [0.25, 0.3) is 6.08 Å². The van der Waals surface area contributed by atoms with Gasteiger partial charge in [0.1, 0.15) is 0 Å². The van der Waals surface area contributed by atoms with E-state index in [1.165, 1.54) is 23.1 Å². The molecule has 1 aromatic rings. The average molecular weight is 170 g/mol. The summed E-state index contributed by atoms with van der Waals surface area (Å²) in [5.41, 5.74) is 6.05. The highest BCUT2D eigenvalue weighted by molar-refractivity contribution is 5.65. The molecule has 0 heterocycles. The van der Waals surface area contributed by atoms with Crippen LogP contribution in [0.1, 0.15) is 34.6 Å². The van der Waals surface area contributed by atoms with Crippen LogP contribution in [0.3, 0.4) is 0 Å². The Labute approximate surface area is 79.3 Å². The van der Waals surface area contributed by atoms with Crippen molar-refractivity contribution in [2.24, 2.45) is 5.92 Å². The number of hydrogen-bond donors (Lipinski definition) is 0. The quantitative estimate of drug-likeness (QED) is 0.559. The molecule has 0 spiro atoms. The Bertz CT molecular complexity index is 399. The third kappa shape index (κ3) is 0.918. The predicted molar refractivity (Wildman–Crippen MR) is 55.8 cm³/mol. The van der Waals surface area contributed by atoms with Gasteiger partial charge in [0.25, 0.3) is 0 Å². The molecule has 2 atom stereocenters. The Hall–Kier alpha value is -1.04. The maximum absolute atomic E-state index is 2.39. The van der Waals surface area contributed by atoms with Crippen LogP contribution in [0.4, 0.5) is 0 Å². The van der Waals surface area contributed by atoms with E-state index in [2.05, 4.69) is 38.1 Å². The second-order valence-corrected chi connectivity index (χ2v) is 4.39. The molecule has 0 aliphatic heterocycles. The van der Waals surface area contributed by atoms with E-state index in [-0.39, 0.29) is 0 Å². The van der Waals surface area contributed by atoms with E-state index in [0.717, 1.165) is 11.8 Å². The van der Waals surface area contributed by atoms with Crippen molar-refractivity contribution < 1.29 is 0 Å². The third-order valence-electron chi connectivity index (χ3n) is 3.44. The molecule has 1 aromatic carbocycles. The number of benzene rings is 1. The van der Waals surface area contributed by atoms with Crippen molar-refractivity contribution in [3.63, 3.8) is 0 Å². The minimum Gasteiger partial charge on any atom is -0.0802 e. The lowest BCUT2D eigenvalue weighted by Crippen LogP contribution is -1.98. The van der Waals surface area contributed by atoms with Crippen molar-refractivity contribution in [3.05, 3.63) is 40.5 Å². The van der Waals surface area contributed by atoms with E-state index in [1.54, 1.807) is 5.56 Å². The number of allylic oxidation sites excluding steroid dienone is 1. The zero-order valence-corrected chi connectivity index (χ0v) is 8.17. The van der Waals surface area contributed by atoms with Gasteiger partial charge >= 0.3 is 0 Å². The molecule has 0 heteroatoms. The molecule has 0 aromatic heterocycles. The lowest BCUT2D eigenvalue weighted by atomic mass is 9.90. The fraction of sp³-hybridized carbons (Fsp3) is 0.385. The number of fused-ring (bicyclic) bond motifs is 3. The fourth-order valence-corrected chi connectivity index (χ4v) is 2.55. The molecule has 13 heavy (non-hydrogen) atoms. The van der Waals surface area contributed by atoms with E-state index < -0.39 is 0 Å². The van der Waals surface area contributed by atoms with Crippen LogP contribution in [0.5, 0.6) is 0 Å². The van der Waals surface area contributed by atoms with Gasteiger partial charge in [-0.1, -0.05) is 24.3 Å². The minimum absolute atomic E-state index is 0.861. The van der Waals surface area contributed by atoms with Crippen molar-refractivity contribution in [1.29, 1.82) is 0 Å². The maximum atomic E-state index is 2.39. The molecule has 1 fully saturated rings. The molecule has 1 saturated carbocycles. The van der Waals surface area contributed by atoms with Gasteiger partial charge in [0, 0.05) is 0 Å².